The summed E-state index contributed by atoms with van der Waals surface area (Å²) in [6.45, 7) is 4.00. The van der Waals surface area contributed by atoms with Crippen LogP contribution in [0.3, 0.4) is 0 Å². The Hall–Kier alpha value is -0.860. The molecule has 0 radical (unpaired) electrons. The van der Waals surface area contributed by atoms with Crippen LogP contribution in [0.2, 0.25) is 0 Å². The van der Waals surface area contributed by atoms with Crippen LogP contribution in [-0.4, -0.2) is 18.4 Å². The van der Waals surface area contributed by atoms with Crippen LogP contribution < -0.4 is 0 Å². The Balaban J connectivity index is 2.25. The fourth-order valence-electron chi connectivity index (χ4n) is 2.13. The average Bonchev–Trinajstić information content (AvgIpc) is 2.37. The summed E-state index contributed by atoms with van der Waals surface area (Å²) >= 11 is 0. The molecule has 2 rings (SSSR count). The number of esters is 1. The Morgan fingerprint density at radius 3 is 2.45 bits per heavy atom. The van der Waals surface area contributed by atoms with E-state index in [1.54, 1.807) is 0 Å². The first-order chi connectivity index (χ1) is 5.09. The molecular weight excluding hydrogens is 144 g/mol. The third-order valence-electron chi connectivity index (χ3n) is 2.90. The van der Waals surface area contributed by atoms with Gasteiger partial charge in [-0.2, -0.15) is 0 Å². The number of carbonyl (C=O) groups excluding carboxylic acids is 2. The van der Waals surface area contributed by atoms with E-state index in [2.05, 4.69) is 0 Å². The van der Waals surface area contributed by atoms with Gasteiger partial charge < -0.3 is 4.74 Å². The second kappa shape index (κ2) is 1.65. The molecule has 0 bridgehead atoms. The molecule has 0 aromatic heterocycles. The Kier molecular flexibility index (Phi) is 1.03. The van der Waals surface area contributed by atoms with Crippen molar-refractivity contribution in [1.82, 2.24) is 0 Å². The summed E-state index contributed by atoms with van der Waals surface area (Å²) < 4.78 is 4.80. The highest BCUT2D eigenvalue weighted by atomic mass is 16.6. The summed E-state index contributed by atoms with van der Waals surface area (Å²) in [5.41, 5.74) is 0.000903. The largest absolute Gasteiger partial charge is 0.454 e. The maximum Gasteiger partial charge on any atom is 0.310 e. The normalized spacial score (nSPS) is 44.5. The van der Waals surface area contributed by atoms with Gasteiger partial charge in [-0.3, -0.25) is 9.59 Å². The average molecular weight is 154 g/mol. The van der Waals surface area contributed by atoms with E-state index >= 15 is 0 Å². The summed E-state index contributed by atoms with van der Waals surface area (Å²) in [6, 6.07) is 0. The minimum absolute atomic E-state index is 0.000903. The van der Waals surface area contributed by atoms with Gasteiger partial charge >= 0.3 is 5.97 Å². The number of hydrogen-bond acceptors (Lipinski definition) is 3. The van der Waals surface area contributed by atoms with E-state index in [9.17, 15) is 9.59 Å². The quantitative estimate of drug-likeness (QED) is 0.405. The number of aldehydes is 1. The van der Waals surface area contributed by atoms with Gasteiger partial charge in [0, 0.05) is 5.92 Å². The first-order valence-corrected chi connectivity index (χ1v) is 3.75. The van der Waals surface area contributed by atoms with Crippen LogP contribution in [0.25, 0.3) is 0 Å². The van der Waals surface area contributed by atoms with Gasteiger partial charge in [0.15, 0.2) is 12.4 Å². The molecule has 1 saturated heterocycles. The van der Waals surface area contributed by atoms with E-state index in [0.717, 1.165) is 6.29 Å². The highest BCUT2D eigenvalue weighted by Crippen LogP contribution is 2.64. The lowest BCUT2D eigenvalue weighted by Crippen LogP contribution is -2.20. The Labute approximate surface area is 64.7 Å². The van der Waals surface area contributed by atoms with Crippen LogP contribution in [0.1, 0.15) is 13.8 Å². The zero-order valence-electron chi connectivity index (χ0n) is 6.53. The van der Waals surface area contributed by atoms with Gasteiger partial charge in [0.2, 0.25) is 0 Å². The van der Waals surface area contributed by atoms with Crippen LogP contribution in [0, 0.1) is 17.3 Å². The Morgan fingerprint density at radius 2 is 2.18 bits per heavy atom. The van der Waals surface area contributed by atoms with Gasteiger partial charge in [0.05, 0.1) is 5.92 Å². The van der Waals surface area contributed by atoms with Crippen molar-refractivity contribution in [2.24, 2.45) is 17.3 Å². The maximum atomic E-state index is 11.0. The van der Waals surface area contributed by atoms with E-state index in [-0.39, 0.29) is 23.2 Å². The van der Waals surface area contributed by atoms with Crippen molar-refractivity contribution in [2.45, 2.75) is 20.0 Å². The molecule has 2 aliphatic rings. The van der Waals surface area contributed by atoms with Crippen LogP contribution in [0.5, 0.6) is 0 Å². The maximum absolute atomic E-state index is 11.0. The molecule has 3 atom stereocenters. The van der Waals surface area contributed by atoms with Crippen molar-refractivity contribution in [3.05, 3.63) is 0 Å². The zero-order chi connectivity index (χ0) is 8.22. The molecule has 0 aromatic rings. The second-order valence-corrected chi connectivity index (χ2v) is 3.86. The zero-order valence-corrected chi connectivity index (χ0v) is 6.53. The smallest absolute Gasteiger partial charge is 0.310 e. The van der Waals surface area contributed by atoms with Crippen molar-refractivity contribution in [3.63, 3.8) is 0 Å². The van der Waals surface area contributed by atoms with E-state index < -0.39 is 6.10 Å². The lowest BCUT2D eigenvalue weighted by Gasteiger charge is -2.11. The monoisotopic (exact) mass is 154 g/mol. The Bertz CT molecular complexity index is 231. The first-order valence-electron chi connectivity index (χ1n) is 3.75. The van der Waals surface area contributed by atoms with E-state index in [1.807, 2.05) is 13.8 Å². The van der Waals surface area contributed by atoms with E-state index in [0.29, 0.717) is 0 Å². The third-order valence-corrected chi connectivity index (χ3v) is 2.90. The number of cyclic esters (lactones) is 1. The molecule has 3 nitrogen and oxygen atoms in total. The molecule has 0 unspecified atom stereocenters. The molecule has 0 N–H and O–H groups in total. The van der Waals surface area contributed by atoms with Crippen LogP contribution >= 0.6 is 0 Å². The van der Waals surface area contributed by atoms with Crippen LogP contribution in [-0.2, 0) is 14.3 Å². The number of fused-ring (bicyclic) bond motifs is 1. The van der Waals surface area contributed by atoms with Gasteiger partial charge in [-0.15, -0.1) is 0 Å². The predicted molar refractivity (Wildman–Crippen MR) is 36.7 cm³/mol. The lowest BCUT2D eigenvalue weighted by atomic mass is 10.1. The van der Waals surface area contributed by atoms with Crippen molar-refractivity contribution in [2.75, 3.05) is 0 Å². The molecule has 2 fully saturated rings. The number of ether oxygens (including phenoxy) is 1. The van der Waals surface area contributed by atoms with Gasteiger partial charge in [0.1, 0.15) is 0 Å². The standard InChI is InChI=1S/C8H10O3/c1-8(2)5-4(3-9)11-7(10)6(5)8/h3-6H,1-2H3/t4-,5+,6+/m1/s1. The molecule has 1 saturated carbocycles. The second-order valence-electron chi connectivity index (χ2n) is 3.86. The molecule has 0 spiro atoms. The summed E-state index contributed by atoms with van der Waals surface area (Å²) in [7, 11) is 0. The van der Waals surface area contributed by atoms with Crippen LogP contribution in [0.4, 0.5) is 0 Å². The number of rotatable bonds is 1. The fraction of sp³-hybridized carbons (Fsp3) is 0.750. The molecule has 60 valence electrons. The van der Waals surface area contributed by atoms with Gasteiger partial charge in [0.25, 0.3) is 0 Å². The van der Waals surface area contributed by atoms with Crippen LogP contribution in [0.15, 0.2) is 0 Å². The number of hydrogen-bond donors (Lipinski definition) is 0. The molecule has 1 heterocycles. The van der Waals surface area contributed by atoms with Gasteiger partial charge in [-0.05, 0) is 5.41 Å². The first kappa shape index (κ1) is 6.83. The summed E-state index contributed by atoms with van der Waals surface area (Å²) in [6.07, 6.45) is 0.264. The summed E-state index contributed by atoms with van der Waals surface area (Å²) in [5, 5.41) is 0. The molecule has 11 heavy (non-hydrogen) atoms. The van der Waals surface area contributed by atoms with Crippen molar-refractivity contribution >= 4 is 12.3 Å². The molecular formula is C8H10O3. The van der Waals surface area contributed by atoms with E-state index in [4.69, 9.17) is 4.74 Å². The molecule has 1 aliphatic heterocycles. The third kappa shape index (κ3) is 0.633. The Morgan fingerprint density at radius 1 is 1.55 bits per heavy atom. The SMILES string of the molecule is CC1(C)[C@@H]2[C@H]1C(=O)O[C@@H]2C=O. The van der Waals surface area contributed by atoms with Gasteiger partial charge in [-0.25, -0.2) is 0 Å². The van der Waals surface area contributed by atoms with Crippen molar-refractivity contribution in [1.29, 1.82) is 0 Å². The minimum Gasteiger partial charge on any atom is -0.454 e. The highest BCUT2D eigenvalue weighted by molar-refractivity contribution is 5.85. The minimum atomic E-state index is -0.470. The molecule has 0 amide bonds. The summed E-state index contributed by atoms with van der Waals surface area (Å²) in [4.78, 5) is 21.4. The lowest BCUT2D eigenvalue weighted by molar-refractivity contribution is -0.149. The number of carbonyl (C=O) groups is 2. The molecule has 3 heteroatoms. The van der Waals surface area contributed by atoms with Crippen molar-refractivity contribution < 1.29 is 14.3 Å². The predicted octanol–water partition coefficient (Wildman–Crippen LogP) is 0.383. The molecule has 1 aliphatic carbocycles. The van der Waals surface area contributed by atoms with Crippen molar-refractivity contribution in [3.8, 4) is 0 Å². The summed E-state index contributed by atoms with van der Waals surface area (Å²) in [5.74, 6) is -0.0673. The highest BCUT2D eigenvalue weighted by Gasteiger charge is 2.71. The van der Waals surface area contributed by atoms with Gasteiger partial charge in [-0.1, -0.05) is 13.8 Å². The van der Waals surface area contributed by atoms with E-state index in [1.165, 1.54) is 0 Å². The fourth-order valence-corrected chi connectivity index (χ4v) is 2.13. The topological polar surface area (TPSA) is 43.4 Å². The molecule has 0 aromatic carbocycles.